The van der Waals surface area contributed by atoms with E-state index in [0.29, 0.717) is 0 Å². The average Bonchev–Trinajstić information content (AvgIpc) is 2.63. The van der Waals surface area contributed by atoms with E-state index in [1.165, 1.54) is 16.8 Å². The van der Waals surface area contributed by atoms with Crippen molar-refractivity contribution in [2.45, 2.75) is 12.5 Å². The highest BCUT2D eigenvalue weighted by Gasteiger charge is 2.25. The number of rotatable bonds is 3. The predicted octanol–water partition coefficient (Wildman–Crippen LogP) is 3.78. The van der Waals surface area contributed by atoms with Crippen molar-refractivity contribution in [2.24, 2.45) is 0 Å². The molecule has 2 aromatic rings. The molecule has 126 valence electrons. The Labute approximate surface area is 148 Å². The van der Waals surface area contributed by atoms with E-state index in [4.69, 9.17) is 16.3 Å². The first-order valence-corrected chi connectivity index (χ1v) is 9.10. The monoisotopic (exact) mass is 342 g/mol. The van der Waals surface area contributed by atoms with Crippen molar-refractivity contribution in [2.75, 3.05) is 44.2 Å². The van der Waals surface area contributed by atoms with Crippen molar-refractivity contribution in [1.29, 1.82) is 0 Å². The van der Waals surface area contributed by atoms with Crippen molar-refractivity contribution < 1.29 is 4.74 Å². The summed E-state index contributed by atoms with van der Waals surface area (Å²) in [5.74, 6) is 0. The molecule has 1 saturated heterocycles. The minimum atomic E-state index is 0.219. The first-order valence-electron chi connectivity index (χ1n) is 8.72. The molecular weight excluding hydrogens is 320 g/mol. The van der Waals surface area contributed by atoms with Gasteiger partial charge in [-0.3, -0.25) is 4.90 Å². The molecule has 1 fully saturated rings. The Kier molecular flexibility index (Phi) is 4.74. The Morgan fingerprint density at radius 1 is 0.958 bits per heavy atom. The van der Waals surface area contributed by atoms with E-state index in [2.05, 4.69) is 46.2 Å². The van der Waals surface area contributed by atoms with Crippen LogP contribution in [0, 0.1) is 0 Å². The highest BCUT2D eigenvalue weighted by atomic mass is 35.5. The topological polar surface area (TPSA) is 15.7 Å². The van der Waals surface area contributed by atoms with Crippen molar-refractivity contribution in [3.05, 3.63) is 64.7 Å². The summed E-state index contributed by atoms with van der Waals surface area (Å²) in [6, 6.07) is 16.9. The van der Waals surface area contributed by atoms with Gasteiger partial charge in [-0.15, -0.1) is 0 Å². The largest absolute Gasteiger partial charge is 0.372 e. The summed E-state index contributed by atoms with van der Waals surface area (Å²) >= 11 is 5.98. The third-order valence-electron chi connectivity index (χ3n) is 5.08. The Morgan fingerprint density at radius 2 is 1.71 bits per heavy atom. The summed E-state index contributed by atoms with van der Waals surface area (Å²) in [5.41, 5.74) is 4.09. The van der Waals surface area contributed by atoms with Crippen LogP contribution >= 0.6 is 11.6 Å². The lowest BCUT2D eigenvalue weighted by Gasteiger charge is -2.38. The van der Waals surface area contributed by atoms with Gasteiger partial charge in [0.05, 0.1) is 12.7 Å². The molecule has 2 aromatic carbocycles. The van der Waals surface area contributed by atoms with Gasteiger partial charge in [-0.1, -0.05) is 35.9 Å². The van der Waals surface area contributed by atoms with E-state index < -0.39 is 0 Å². The highest BCUT2D eigenvalue weighted by Crippen LogP contribution is 2.28. The summed E-state index contributed by atoms with van der Waals surface area (Å²) < 4.78 is 6.06. The van der Waals surface area contributed by atoms with Gasteiger partial charge in [-0.05, 0) is 41.8 Å². The number of anilines is 1. The van der Waals surface area contributed by atoms with Gasteiger partial charge in [0.2, 0.25) is 0 Å². The van der Waals surface area contributed by atoms with Gasteiger partial charge in [0, 0.05) is 43.4 Å². The first kappa shape index (κ1) is 15.9. The van der Waals surface area contributed by atoms with E-state index >= 15 is 0 Å². The lowest BCUT2D eigenvalue weighted by atomic mass is 9.97. The van der Waals surface area contributed by atoms with Crippen LogP contribution in [0.25, 0.3) is 0 Å². The Balaban J connectivity index is 1.36. The summed E-state index contributed by atoms with van der Waals surface area (Å²) in [7, 11) is 0. The maximum absolute atomic E-state index is 6.06. The van der Waals surface area contributed by atoms with Crippen LogP contribution in [0.5, 0.6) is 0 Å². The molecule has 0 amide bonds. The molecule has 0 aromatic heterocycles. The molecule has 0 saturated carbocycles. The molecular formula is C20H23ClN2O. The maximum atomic E-state index is 6.06. The number of halogens is 1. The number of hydrogen-bond acceptors (Lipinski definition) is 3. The summed E-state index contributed by atoms with van der Waals surface area (Å²) in [6.07, 6.45) is 1.26. The van der Waals surface area contributed by atoms with E-state index in [-0.39, 0.29) is 6.10 Å². The molecule has 4 heteroatoms. The first-order chi connectivity index (χ1) is 11.8. The lowest BCUT2D eigenvalue weighted by molar-refractivity contribution is 0.0148. The lowest BCUT2D eigenvalue weighted by Crippen LogP contribution is -2.48. The van der Waals surface area contributed by atoms with E-state index in [1.54, 1.807) is 0 Å². The van der Waals surface area contributed by atoms with Crippen LogP contribution in [0.2, 0.25) is 5.02 Å². The molecule has 1 atom stereocenters. The molecule has 0 aliphatic carbocycles. The minimum Gasteiger partial charge on any atom is -0.372 e. The standard InChI is InChI=1S/C20H23ClN2O/c21-17-5-7-18(8-6-17)23-12-10-22(11-13-23)15-20-19-4-2-1-3-16(19)9-14-24-20/h1-8,20H,9-15H2. The van der Waals surface area contributed by atoms with Crippen LogP contribution in [0.1, 0.15) is 17.2 Å². The minimum absolute atomic E-state index is 0.219. The van der Waals surface area contributed by atoms with Gasteiger partial charge in [0.1, 0.15) is 0 Å². The third kappa shape index (κ3) is 3.44. The number of fused-ring (bicyclic) bond motifs is 1. The fraction of sp³-hybridized carbons (Fsp3) is 0.400. The fourth-order valence-electron chi connectivity index (χ4n) is 3.70. The second-order valence-electron chi connectivity index (χ2n) is 6.57. The molecule has 2 aliphatic heterocycles. The Bertz CT molecular complexity index is 680. The van der Waals surface area contributed by atoms with Crippen molar-refractivity contribution in [3.8, 4) is 0 Å². The molecule has 0 spiro atoms. The summed E-state index contributed by atoms with van der Waals surface area (Å²) in [4.78, 5) is 4.96. The number of benzene rings is 2. The van der Waals surface area contributed by atoms with Crippen LogP contribution in [0.3, 0.4) is 0 Å². The van der Waals surface area contributed by atoms with Gasteiger partial charge in [-0.25, -0.2) is 0 Å². The molecule has 24 heavy (non-hydrogen) atoms. The van der Waals surface area contributed by atoms with Gasteiger partial charge in [0.25, 0.3) is 0 Å². The second-order valence-corrected chi connectivity index (χ2v) is 7.01. The second kappa shape index (κ2) is 7.14. The van der Waals surface area contributed by atoms with E-state index in [1.807, 2.05) is 12.1 Å². The quantitative estimate of drug-likeness (QED) is 0.844. The van der Waals surface area contributed by atoms with E-state index in [9.17, 15) is 0 Å². The molecule has 0 N–H and O–H groups in total. The van der Waals surface area contributed by atoms with Crippen LogP contribution in [0.4, 0.5) is 5.69 Å². The highest BCUT2D eigenvalue weighted by molar-refractivity contribution is 6.30. The van der Waals surface area contributed by atoms with Gasteiger partial charge in [0.15, 0.2) is 0 Å². The van der Waals surface area contributed by atoms with Gasteiger partial charge >= 0.3 is 0 Å². The Hall–Kier alpha value is -1.55. The third-order valence-corrected chi connectivity index (χ3v) is 5.33. The molecule has 2 heterocycles. The molecule has 3 nitrogen and oxygen atoms in total. The predicted molar refractivity (Wildman–Crippen MR) is 98.9 cm³/mol. The number of ether oxygens (including phenoxy) is 1. The van der Waals surface area contributed by atoms with Crippen LogP contribution in [-0.4, -0.2) is 44.2 Å². The average molecular weight is 343 g/mol. The zero-order valence-corrected chi connectivity index (χ0v) is 14.6. The zero-order chi connectivity index (χ0) is 16.4. The fourth-order valence-corrected chi connectivity index (χ4v) is 3.83. The maximum Gasteiger partial charge on any atom is 0.0954 e. The summed E-state index contributed by atoms with van der Waals surface area (Å²) in [5, 5.41) is 0.797. The van der Waals surface area contributed by atoms with Crippen LogP contribution in [0.15, 0.2) is 48.5 Å². The summed E-state index contributed by atoms with van der Waals surface area (Å²) in [6.45, 7) is 6.08. The van der Waals surface area contributed by atoms with Crippen LogP contribution in [-0.2, 0) is 11.2 Å². The van der Waals surface area contributed by atoms with Crippen molar-refractivity contribution in [3.63, 3.8) is 0 Å². The molecule has 0 bridgehead atoms. The smallest absolute Gasteiger partial charge is 0.0954 e. The SMILES string of the molecule is Clc1ccc(N2CCN(CC3OCCc4ccccc43)CC2)cc1. The normalized spacial score (nSPS) is 21.5. The van der Waals surface area contributed by atoms with Gasteiger partial charge in [-0.2, -0.15) is 0 Å². The van der Waals surface area contributed by atoms with Crippen LogP contribution < -0.4 is 4.90 Å². The number of piperazine rings is 1. The van der Waals surface area contributed by atoms with Crippen molar-refractivity contribution in [1.82, 2.24) is 4.90 Å². The van der Waals surface area contributed by atoms with E-state index in [0.717, 1.165) is 50.8 Å². The molecule has 0 radical (unpaired) electrons. The molecule has 2 aliphatic rings. The zero-order valence-electron chi connectivity index (χ0n) is 13.8. The molecule has 4 rings (SSSR count). The number of nitrogens with zero attached hydrogens (tertiary/aromatic N) is 2. The molecule has 1 unspecified atom stereocenters. The van der Waals surface area contributed by atoms with Gasteiger partial charge < -0.3 is 9.64 Å². The number of hydrogen-bond donors (Lipinski definition) is 0. The van der Waals surface area contributed by atoms with Crippen molar-refractivity contribution >= 4 is 17.3 Å². The Morgan fingerprint density at radius 3 is 2.50 bits per heavy atom.